The fourth-order valence-electron chi connectivity index (χ4n) is 2.78. The van der Waals surface area contributed by atoms with Crippen LogP contribution in [-0.2, 0) is 16.6 Å². The molecule has 3 rings (SSSR count). The van der Waals surface area contributed by atoms with Crippen LogP contribution in [0.5, 0.6) is 0 Å². The van der Waals surface area contributed by atoms with Crippen molar-refractivity contribution in [1.82, 2.24) is 4.98 Å². The molecule has 2 aromatic carbocycles. The summed E-state index contributed by atoms with van der Waals surface area (Å²) in [6.07, 6.45) is 3.16. The van der Waals surface area contributed by atoms with Gasteiger partial charge < -0.3 is 0 Å². The molecule has 0 amide bonds. The van der Waals surface area contributed by atoms with E-state index in [0.29, 0.717) is 16.3 Å². The maximum absolute atomic E-state index is 13.5. The molecule has 9 heteroatoms. The van der Waals surface area contributed by atoms with Crippen molar-refractivity contribution in [3.05, 3.63) is 93.3 Å². The van der Waals surface area contributed by atoms with E-state index in [9.17, 15) is 18.5 Å². The second-order valence-electron chi connectivity index (χ2n) is 6.01. The van der Waals surface area contributed by atoms with Crippen LogP contribution in [0.3, 0.4) is 0 Å². The fourth-order valence-corrected chi connectivity index (χ4v) is 4.60. The Morgan fingerprint density at radius 1 is 1.11 bits per heavy atom. The Hall–Kier alpha value is -2.97. The van der Waals surface area contributed by atoms with Crippen molar-refractivity contribution in [3.8, 4) is 0 Å². The lowest BCUT2D eigenvalue weighted by atomic mass is 10.2. The van der Waals surface area contributed by atoms with Crippen molar-refractivity contribution in [1.29, 1.82) is 0 Å². The van der Waals surface area contributed by atoms with Crippen LogP contribution in [0.1, 0.15) is 11.1 Å². The monoisotopic (exact) mass is 417 g/mol. The molecule has 0 N–H and O–H groups in total. The number of pyridine rings is 1. The van der Waals surface area contributed by atoms with Crippen LogP contribution in [0, 0.1) is 17.0 Å². The van der Waals surface area contributed by atoms with Crippen LogP contribution >= 0.6 is 11.6 Å². The molecular weight excluding hydrogens is 402 g/mol. The van der Waals surface area contributed by atoms with Crippen LogP contribution in [0.4, 0.5) is 11.4 Å². The normalized spacial score (nSPS) is 11.2. The van der Waals surface area contributed by atoms with E-state index < -0.39 is 14.9 Å². The highest BCUT2D eigenvalue weighted by Crippen LogP contribution is 2.31. The summed E-state index contributed by atoms with van der Waals surface area (Å²) in [4.78, 5) is 14.5. The maximum Gasteiger partial charge on any atom is 0.273 e. The largest absolute Gasteiger partial charge is 0.273 e. The van der Waals surface area contributed by atoms with Gasteiger partial charge in [0.1, 0.15) is 0 Å². The van der Waals surface area contributed by atoms with Crippen LogP contribution in [0.15, 0.2) is 71.9 Å². The van der Waals surface area contributed by atoms with E-state index in [1.54, 1.807) is 48.8 Å². The number of nitrogens with zero attached hydrogens (tertiary/aromatic N) is 3. The SMILES string of the molecule is Cc1c([N+](=O)[O-])cccc1S(=O)(=O)N(Cc1cccnc1)c1ccc(Cl)cc1. The van der Waals surface area contributed by atoms with E-state index in [4.69, 9.17) is 11.6 Å². The highest BCUT2D eigenvalue weighted by Gasteiger charge is 2.29. The zero-order chi connectivity index (χ0) is 20.3. The molecule has 0 unspecified atom stereocenters. The summed E-state index contributed by atoms with van der Waals surface area (Å²) in [5, 5.41) is 11.7. The fraction of sp³-hybridized carbons (Fsp3) is 0.105. The Morgan fingerprint density at radius 3 is 2.43 bits per heavy atom. The van der Waals surface area contributed by atoms with Gasteiger partial charge in [0.25, 0.3) is 15.7 Å². The molecule has 0 fully saturated rings. The summed E-state index contributed by atoms with van der Waals surface area (Å²) >= 11 is 5.94. The number of halogens is 1. The van der Waals surface area contributed by atoms with Gasteiger partial charge >= 0.3 is 0 Å². The molecule has 0 bridgehead atoms. The Kier molecular flexibility index (Phi) is 5.62. The third-order valence-corrected chi connectivity index (χ3v) is 6.35. The molecule has 0 atom stereocenters. The number of hydrogen-bond acceptors (Lipinski definition) is 5. The molecule has 0 aliphatic carbocycles. The molecule has 0 saturated carbocycles. The van der Waals surface area contributed by atoms with Gasteiger partial charge in [0, 0.05) is 29.0 Å². The minimum atomic E-state index is -4.09. The summed E-state index contributed by atoms with van der Waals surface area (Å²) in [6.45, 7) is 1.44. The van der Waals surface area contributed by atoms with Crippen molar-refractivity contribution in [2.24, 2.45) is 0 Å². The van der Waals surface area contributed by atoms with E-state index in [1.807, 2.05) is 0 Å². The minimum absolute atomic E-state index is 0.0138. The number of benzene rings is 2. The Balaban J connectivity index is 2.15. The summed E-state index contributed by atoms with van der Waals surface area (Å²) in [5.41, 5.74) is 0.888. The lowest BCUT2D eigenvalue weighted by Crippen LogP contribution is -2.31. The summed E-state index contributed by atoms with van der Waals surface area (Å²) in [5.74, 6) is 0. The Bertz CT molecular complexity index is 1100. The van der Waals surface area contributed by atoms with E-state index in [-0.39, 0.29) is 22.7 Å². The standard InChI is InChI=1S/C19H16ClN3O4S/c1-14-18(23(24)25)5-2-6-19(14)28(26,27)22(13-15-4-3-11-21-12-15)17-9-7-16(20)8-10-17/h2-12H,13H2,1H3. The van der Waals surface area contributed by atoms with E-state index in [1.165, 1.54) is 29.4 Å². The third-order valence-electron chi connectivity index (χ3n) is 4.18. The summed E-state index contributed by atoms with van der Waals surface area (Å²) in [7, 11) is -4.09. The van der Waals surface area contributed by atoms with Gasteiger partial charge in [-0.15, -0.1) is 0 Å². The molecule has 0 radical (unpaired) electrons. The van der Waals surface area contributed by atoms with E-state index in [0.717, 1.165) is 0 Å². The van der Waals surface area contributed by atoms with Gasteiger partial charge in [0.2, 0.25) is 0 Å². The van der Waals surface area contributed by atoms with Gasteiger partial charge in [-0.2, -0.15) is 0 Å². The first-order chi connectivity index (χ1) is 13.3. The van der Waals surface area contributed by atoms with E-state index in [2.05, 4.69) is 4.98 Å². The van der Waals surface area contributed by atoms with Gasteiger partial charge in [-0.05, 0) is 48.9 Å². The number of nitro benzene ring substituents is 1. The lowest BCUT2D eigenvalue weighted by Gasteiger charge is -2.25. The topological polar surface area (TPSA) is 93.4 Å². The van der Waals surface area contributed by atoms with Crippen molar-refractivity contribution in [2.45, 2.75) is 18.4 Å². The molecule has 144 valence electrons. The number of anilines is 1. The summed E-state index contributed by atoms with van der Waals surface area (Å²) < 4.78 is 28.1. The molecule has 1 aromatic heterocycles. The Labute approximate surface area is 167 Å². The van der Waals surface area contributed by atoms with Gasteiger partial charge in [0.15, 0.2) is 0 Å². The first-order valence-corrected chi connectivity index (χ1v) is 10.0. The Morgan fingerprint density at radius 2 is 1.82 bits per heavy atom. The first-order valence-electron chi connectivity index (χ1n) is 8.22. The molecule has 1 heterocycles. The second-order valence-corrected chi connectivity index (χ2v) is 8.27. The lowest BCUT2D eigenvalue weighted by molar-refractivity contribution is -0.385. The minimum Gasteiger partial charge on any atom is -0.264 e. The number of sulfonamides is 1. The molecule has 0 aliphatic heterocycles. The number of nitro groups is 1. The molecular formula is C19H16ClN3O4S. The van der Waals surface area contributed by atoms with E-state index >= 15 is 0 Å². The molecule has 0 saturated heterocycles. The number of rotatable bonds is 6. The third kappa shape index (κ3) is 3.97. The average molecular weight is 418 g/mol. The van der Waals surface area contributed by atoms with Gasteiger partial charge in [-0.25, -0.2) is 8.42 Å². The second kappa shape index (κ2) is 7.95. The molecule has 7 nitrogen and oxygen atoms in total. The van der Waals surface area contributed by atoms with Crippen LogP contribution < -0.4 is 4.31 Å². The van der Waals surface area contributed by atoms with Gasteiger partial charge in [-0.1, -0.05) is 23.7 Å². The van der Waals surface area contributed by atoms with Crippen LogP contribution in [0.2, 0.25) is 5.02 Å². The summed E-state index contributed by atoms with van der Waals surface area (Å²) in [6, 6.07) is 13.8. The smallest absolute Gasteiger partial charge is 0.264 e. The highest BCUT2D eigenvalue weighted by molar-refractivity contribution is 7.92. The van der Waals surface area contributed by atoms with Crippen LogP contribution in [0.25, 0.3) is 0 Å². The van der Waals surface area contributed by atoms with Crippen molar-refractivity contribution >= 4 is 33.0 Å². The maximum atomic E-state index is 13.5. The number of hydrogen-bond donors (Lipinski definition) is 0. The predicted octanol–water partition coefficient (Wildman–Crippen LogP) is 4.35. The molecule has 3 aromatic rings. The number of aromatic nitrogens is 1. The highest BCUT2D eigenvalue weighted by atomic mass is 35.5. The quantitative estimate of drug-likeness (QED) is 0.439. The van der Waals surface area contributed by atoms with Gasteiger partial charge in [-0.3, -0.25) is 19.4 Å². The zero-order valence-electron chi connectivity index (χ0n) is 14.8. The first kappa shape index (κ1) is 19.8. The van der Waals surface area contributed by atoms with Crippen molar-refractivity contribution in [3.63, 3.8) is 0 Å². The van der Waals surface area contributed by atoms with Crippen molar-refractivity contribution in [2.75, 3.05) is 4.31 Å². The predicted molar refractivity (Wildman–Crippen MR) is 107 cm³/mol. The van der Waals surface area contributed by atoms with Crippen molar-refractivity contribution < 1.29 is 13.3 Å². The zero-order valence-corrected chi connectivity index (χ0v) is 16.4. The average Bonchev–Trinajstić information content (AvgIpc) is 2.67. The molecule has 0 aliphatic rings. The molecule has 28 heavy (non-hydrogen) atoms. The van der Waals surface area contributed by atoms with Crippen LogP contribution in [-0.4, -0.2) is 18.3 Å². The van der Waals surface area contributed by atoms with Gasteiger partial charge in [0.05, 0.1) is 22.1 Å². The molecule has 0 spiro atoms.